The molecule has 2 aromatic heterocycles. The van der Waals surface area contributed by atoms with E-state index in [1.807, 2.05) is 12.1 Å². The number of nitrogens with zero attached hydrogens (tertiary/aromatic N) is 1. The molecule has 10 heteroatoms. The Labute approximate surface area is 198 Å². The number of thiophene rings is 1. The van der Waals surface area contributed by atoms with E-state index in [0.29, 0.717) is 25.1 Å². The number of methoxy groups -OCH3 is 1. The van der Waals surface area contributed by atoms with Gasteiger partial charge in [0.05, 0.1) is 19.3 Å². The summed E-state index contributed by atoms with van der Waals surface area (Å²) >= 11 is 8.05. The molecule has 0 spiro atoms. The first-order chi connectivity index (χ1) is 15.4. The van der Waals surface area contributed by atoms with Crippen molar-refractivity contribution < 1.29 is 19.1 Å². The molecule has 1 aliphatic carbocycles. The molecule has 168 valence electrons. The molecule has 4 rings (SSSR count). The number of rotatable bonds is 6. The maximum Gasteiger partial charge on any atom is 0.341 e. The first kappa shape index (κ1) is 22.5. The van der Waals surface area contributed by atoms with Crippen LogP contribution in [0.2, 0.25) is 0 Å². The molecule has 1 amide bonds. The van der Waals surface area contributed by atoms with Crippen LogP contribution < -0.4 is 15.8 Å². The number of amides is 1. The fraction of sp³-hybridized carbons (Fsp3) is 0.318. The molecule has 0 saturated heterocycles. The summed E-state index contributed by atoms with van der Waals surface area (Å²) in [7, 11) is 1.59. The molecule has 0 unspecified atom stereocenters. The number of nitrogens with one attached hydrogen (secondary N) is 1. The molecular formula is C22H23N3O4S3. The minimum absolute atomic E-state index is 0.252. The molecule has 0 radical (unpaired) electrons. The average Bonchev–Trinajstić information content (AvgIpc) is 3.30. The Morgan fingerprint density at radius 2 is 1.91 bits per heavy atom. The third kappa shape index (κ3) is 4.17. The van der Waals surface area contributed by atoms with Crippen molar-refractivity contribution >= 4 is 57.6 Å². The fourth-order valence-corrected chi connectivity index (χ4v) is 6.29. The standard InChI is InChI=1S/C22H23N3O4S3/c1-3-29-21(27)16-14-6-4-5-7-15(14)31-20(16)24-19(26)17-18(23)25(22(30)32-17)12-8-10-13(28-2)11-9-12/h8-11H,3-7,23H2,1-2H3,(H,24,26). The van der Waals surface area contributed by atoms with E-state index >= 15 is 0 Å². The van der Waals surface area contributed by atoms with Gasteiger partial charge < -0.3 is 20.5 Å². The molecule has 0 saturated carbocycles. The number of aromatic nitrogens is 1. The van der Waals surface area contributed by atoms with Crippen LogP contribution in [-0.2, 0) is 17.6 Å². The van der Waals surface area contributed by atoms with Gasteiger partial charge >= 0.3 is 5.97 Å². The van der Waals surface area contributed by atoms with Crippen molar-refractivity contribution in [1.29, 1.82) is 0 Å². The minimum Gasteiger partial charge on any atom is -0.497 e. The van der Waals surface area contributed by atoms with E-state index in [9.17, 15) is 9.59 Å². The Balaban J connectivity index is 1.67. The third-order valence-corrected chi connectivity index (χ3v) is 7.86. The summed E-state index contributed by atoms with van der Waals surface area (Å²) in [4.78, 5) is 27.3. The van der Waals surface area contributed by atoms with Gasteiger partial charge in [-0.15, -0.1) is 11.3 Å². The van der Waals surface area contributed by atoms with Crippen molar-refractivity contribution in [2.75, 3.05) is 24.8 Å². The second-order valence-corrected chi connectivity index (χ2v) is 9.95. The summed E-state index contributed by atoms with van der Waals surface area (Å²) in [6.45, 7) is 2.04. The van der Waals surface area contributed by atoms with Crippen LogP contribution in [0, 0.1) is 3.95 Å². The summed E-state index contributed by atoms with van der Waals surface area (Å²) in [5, 5.41) is 3.41. The highest BCUT2D eigenvalue weighted by atomic mass is 32.1. The van der Waals surface area contributed by atoms with Crippen LogP contribution in [0.25, 0.3) is 5.69 Å². The largest absolute Gasteiger partial charge is 0.497 e. The van der Waals surface area contributed by atoms with Crippen LogP contribution in [0.1, 0.15) is 50.2 Å². The lowest BCUT2D eigenvalue weighted by molar-refractivity contribution is 0.0526. The lowest BCUT2D eigenvalue weighted by Crippen LogP contribution is -2.16. The normalized spacial score (nSPS) is 12.8. The van der Waals surface area contributed by atoms with Crippen molar-refractivity contribution in [3.63, 3.8) is 0 Å². The number of ether oxygens (including phenoxy) is 2. The second-order valence-electron chi connectivity index (χ2n) is 7.21. The van der Waals surface area contributed by atoms with Gasteiger partial charge in [0, 0.05) is 10.6 Å². The summed E-state index contributed by atoms with van der Waals surface area (Å²) in [6, 6.07) is 7.25. The predicted molar refractivity (Wildman–Crippen MR) is 130 cm³/mol. The van der Waals surface area contributed by atoms with Gasteiger partial charge in [0.1, 0.15) is 21.4 Å². The maximum absolute atomic E-state index is 13.2. The molecule has 1 aromatic carbocycles. The van der Waals surface area contributed by atoms with Gasteiger partial charge in [0.25, 0.3) is 5.91 Å². The van der Waals surface area contributed by atoms with Gasteiger partial charge in [-0.05, 0) is 74.7 Å². The van der Waals surface area contributed by atoms with Crippen LogP contribution in [0.4, 0.5) is 10.8 Å². The van der Waals surface area contributed by atoms with Gasteiger partial charge in [-0.1, -0.05) is 11.3 Å². The third-order valence-electron chi connectivity index (χ3n) is 5.26. The maximum atomic E-state index is 13.2. The number of thiazole rings is 1. The number of carbonyl (C=O) groups is 2. The SMILES string of the molecule is CCOC(=O)c1c(NC(=O)c2sc(=S)n(-c3ccc(OC)cc3)c2N)sc2c1CCCC2. The molecule has 0 bridgehead atoms. The van der Waals surface area contributed by atoms with Gasteiger partial charge in [0.2, 0.25) is 0 Å². The van der Waals surface area contributed by atoms with Crippen LogP contribution in [-0.4, -0.2) is 30.2 Å². The first-order valence-corrected chi connectivity index (χ1v) is 12.3. The molecule has 32 heavy (non-hydrogen) atoms. The van der Waals surface area contributed by atoms with E-state index in [-0.39, 0.29) is 12.4 Å². The fourth-order valence-electron chi connectivity index (χ4n) is 3.76. The Bertz CT molecular complexity index is 1220. The minimum atomic E-state index is -0.404. The van der Waals surface area contributed by atoms with Crippen LogP contribution in [0.5, 0.6) is 5.75 Å². The monoisotopic (exact) mass is 489 g/mol. The van der Waals surface area contributed by atoms with Gasteiger partial charge in [-0.3, -0.25) is 9.36 Å². The Kier molecular flexibility index (Phi) is 6.63. The molecule has 0 atom stereocenters. The number of hydrogen-bond acceptors (Lipinski definition) is 8. The summed E-state index contributed by atoms with van der Waals surface area (Å²) in [5.74, 6) is 0.162. The lowest BCUT2D eigenvalue weighted by Gasteiger charge is -2.12. The number of nitrogen functional groups attached to an aromatic ring is 1. The van der Waals surface area contributed by atoms with E-state index in [4.69, 9.17) is 27.4 Å². The van der Waals surface area contributed by atoms with Crippen molar-refractivity contribution in [3.05, 3.63) is 49.1 Å². The Morgan fingerprint density at radius 3 is 2.59 bits per heavy atom. The zero-order valence-electron chi connectivity index (χ0n) is 17.7. The van der Waals surface area contributed by atoms with Gasteiger partial charge in [-0.25, -0.2) is 4.79 Å². The van der Waals surface area contributed by atoms with Crippen molar-refractivity contribution in [2.24, 2.45) is 0 Å². The van der Waals surface area contributed by atoms with Crippen molar-refractivity contribution in [1.82, 2.24) is 4.57 Å². The quantitative estimate of drug-likeness (QED) is 0.364. The molecule has 1 aliphatic rings. The summed E-state index contributed by atoms with van der Waals surface area (Å²) < 4.78 is 12.6. The number of anilines is 2. The molecular weight excluding hydrogens is 466 g/mol. The zero-order chi connectivity index (χ0) is 22.8. The van der Waals surface area contributed by atoms with Gasteiger partial charge in [0.15, 0.2) is 3.95 Å². The number of fused-ring (bicyclic) bond motifs is 1. The number of nitrogens with two attached hydrogens (primary N) is 1. The number of benzene rings is 1. The zero-order valence-corrected chi connectivity index (χ0v) is 20.2. The van der Waals surface area contributed by atoms with E-state index < -0.39 is 11.9 Å². The van der Waals surface area contributed by atoms with Crippen molar-refractivity contribution in [2.45, 2.75) is 32.6 Å². The summed E-state index contributed by atoms with van der Waals surface area (Å²) in [5.41, 5.74) is 8.53. The highest BCUT2D eigenvalue weighted by molar-refractivity contribution is 7.73. The smallest absolute Gasteiger partial charge is 0.341 e. The summed E-state index contributed by atoms with van der Waals surface area (Å²) in [6.07, 6.45) is 3.80. The number of carbonyl (C=O) groups excluding carboxylic acids is 2. The first-order valence-electron chi connectivity index (χ1n) is 10.2. The van der Waals surface area contributed by atoms with Crippen LogP contribution in [0.3, 0.4) is 0 Å². The van der Waals surface area contributed by atoms with E-state index in [1.54, 1.807) is 30.7 Å². The highest BCUT2D eigenvalue weighted by Crippen LogP contribution is 2.39. The number of hydrogen-bond donors (Lipinski definition) is 2. The topological polar surface area (TPSA) is 95.6 Å². The Hall–Kier alpha value is -2.69. The number of esters is 1. The molecule has 7 nitrogen and oxygen atoms in total. The second kappa shape index (κ2) is 9.43. The van der Waals surface area contributed by atoms with Crippen LogP contribution >= 0.6 is 34.9 Å². The Morgan fingerprint density at radius 1 is 1.19 bits per heavy atom. The number of aryl methyl sites for hydroxylation is 1. The molecule has 0 aliphatic heterocycles. The predicted octanol–water partition coefficient (Wildman–Crippen LogP) is 5.23. The lowest BCUT2D eigenvalue weighted by atomic mass is 9.95. The van der Waals surface area contributed by atoms with E-state index in [2.05, 4.69) is 5.32 Å². The average molecular weight is 490 g/mol. The van der Waals surface area contributed by atoms with Crippen molar-refractivity contribution in [3.8, 4) is 11.4 Å². The molecule has 3 N–H and O–H groups in total. The van der Waals surface area contributed by atoms with E-state index in [1.165, 1.54) is 11.3 Å². The van der Waals surface area contributed by atoms with Crippen LogP contribution in [0.15, 0.2) is 24.3 Å². The molecule has 2 heterocycles. The molecule has 0 fully saturated rings. The highest BCUT2D eigenvalue weighted by Gasteiger charge is 2.28. The van der Waals surface area contributed by atoms with E-state index in [0.717, 1.165) is 53.1 Å². The van der Waals surface area contributed by atoms with Gasteiger partial charge in [-0.2, -0.15) is 0 Å². The molecule has 3 aromatic rings.